The lowest BCUT2D eigenvalue weighted by molar-refractivity contribution is 0.0741. The molecular weight excluding hydrogens is 444 g/mol. The molecule has 0 bridgehead atoms. The van der Waals surface area contributed by atoms with Crippen molar-refractivity contribution in [1.29, 1.82) is 0 Å². The third kappa shape index (κ3) is 4.52. The number of aryl methyl sites for hydroxylation is 1. The van der Waals surface area contributed by atoms with Gasteiger partial charge in [-0.2, -0.15) is 0 Å². The number of piperazine rings is 1. The van der Waals surface area contributed by atoms with Gasteiger partial charge in [0.1, 0.15) is 28.8 Å². The number of fused-ring (bicyclic) bond motifs is 1. The normalized spacial score (nSPS) is 17.6. The molecule has 184 valence electrons. The van der Waals surface area contributed by atoms with E-state index in [9.17, 15) is 4.79 Å². The maximum atomic E-state index is 13.3. The molecule has 35 heavy (non-hydrogen) atoms. The summed E-state index contributed by atoms with van der Waals surface area (Å²) in [6.07, 6.45) is 3.71. The van der Waals surface area contributed by atoms with Crippen LogP contribution in [0, 0.1) is 0 Å². The van der Waals surface area contributed by atoms with Gasteiger partial charge in [0.05, 0.1) is 27.0 Å². The highest BCUT2D eigenvalue weighted by molar-refractivity contribution is 5.92. The van der Waals surface area contributed by atoms with Crippen LogP contribution < -0.4 is 19.1 Å². The average Bonchev–Trinajstić information content (AvgIpc) is 3.36. The maximum Gasteiger partial charge on any atom is 0.274 e. The Bertz CT molecular complexity index is 1200. The van der Waals surface area contributed by atoms with Crippen LogP contribution in [0.5, 0.6) is 17.2 Å². The summed E-state index contributed by atoms with van der Waals surface area (Å²) in [7, 11) is 5.03. The monoisotopic (exact) mass is 476 g/mol. The number of rotatable bonds is 6. The second-order valence-electron chi connectivity index (χ2n) is 8.99. The van der Waals surface area contributed by atoms with Gasteiger partial charge in [0, 0.05) is 57.3 Å². The topological polar surface area (TPSA) is 69.1 Å². The second-order valence-corrected chi connectivity index (χ2v) is 8.99. The largest absolute Gasteiger partial charge is 0.497 e. The fraction of sp³-hybridized carbons (Fsp3) is 0.407. The molecule has 1 atom stereocenters. The number of benzene rings is 2. The van der Waals surface area contributed by atoms with Crippen molar-refractivity contribution in [3.05, 3.63) is 65.7 Å². The third-order valence-electron chi connectivity index (χ3n) is 7.08. The third-order valence-corrected chi connectivity index (χ3v) is 7.08. The number of carbonyl (C=O) groups is 1. The number of nitrogens with zero attached hydrogens (tertiary/aromatic N) is 4. The van der Waals surface area contributed by atoms with Crippen molar-refractivity contribution in [2.24, 2.45) is 0 Å². The molecule has 3 aromatic rings. The molecule has 1 unspecified atom stereocenters. The van der Waals surface area contributed by atoms with Crippen LogP contribution in [0.25, 0.3) is 0 Å². The van der Waals surface area contributed by atoms with E-state index in [1.165, 1.54) is 0 Å². The number of amides is 1. The highest BCUT2D eigenvalue weighted by Gasteiger charge is 2.29. The molecule has 2 aromatic carbocycles. The molecule has 2 aliphatic rings. The summed E-state index contributed by atoms with van der Waals surface area (Å²) in [6, 6.07) is 14.0. The number of hydrogen-bond acceptors (Lipinski definition) is 6. The molecular formula is C27H32N4O4. The molecule has 1 amide bonds. The fourth-order valence-electron chi connectivity index (χ4n) is 5.16. The number of imidazole rings is 1. The fourth-order valence-corrected chi connectivity index (χ4v) is 5.16. The minimum absolute atomic E-state index is 0.00477. The van der Waals surface area contributed by atoms with Crippen LogP contribution in [0.1, 0.15) is 34.2 Å². The Labute approximate surface area is 206 Å². The highest BCUT2D eigenvalue weighted by Crippen LogP contribution is 2.36. The van der Waals surface area contributed by atoms with E-state index in [2.05, 4.69) is 21.6 Å². The number of methoxy groups -OCH3 is 3. The summed E-state index contributed by atoms with van der Waals surface area (Å²) >= 11 is 0. The van der Waals surface area contributed by atoms with Crippen LogP contribution in [0.4, 0.5) is 5.69 Å². The van der Waals surface area contributed by atoms with Gasteiger partial charge < -0.3 is 28.6 Å². The minimum Gasteiger partial charge on any atom is -0.497 e. The van der Waals surface area contributed by atoms with E-state index in [0.29, 0.717) is 24.7 Å². The number of aromatic nitrogens is 2. The second kappa shape index (κ2) is 9.90. The van der Waals surface area contributed by atoms with Crippen molar-refractivity contribution >= 4 is 11.6 Å². The first kappa shape index (κ1) is 23.1. The molecule has 0 saturated carbocycles. The van der Waals surface area contributed by atoms with Crippen molar-refractivity contribution in [2.45, 2.75) is 25.3 Å². The number of hydrogen-bond donors (Lipinski definition) is 0. The van der Waals surface area contributed by atoms with Gasteiger partial charge in [-0.05, 0) is 30.2 Å². The predicted molar refractivity (Wildman–Crippen MR) is 134 cm³/mol. The van der Waals surface area contributed by atoms with Crippen LogP contribution >= 0.6 is 0 Å². The SMILES string of the molecule is COc1ccc(C2CCc3nc(C(=O)N4CCN(c5ccccc5OC)CC4)cn3C2)c(OC)c1. The van der Waals surface area contributed by atoms with Gasteiger partial charge >= 0.3 is 0 Å². The maximum absolute atomic E-state index is 13.3. The summed E-state index contributed by atoms with van der Waals surface area (Å²) in [5, 5.41) is 0. The average molecular weight is 477 g/mol. The molecule has 1 fully saturated rings. The van der Waals surface area contributed by atoms with E-state index in [4.69, 9.17) is 19.2 Å². The van der Waals surface area contributed by atoms with E-state index in [1.807, 2.05) is 41.4 Å². The summed E-state index contributed by atoms with van der Waals surface area (Å²) in [4.78, 5) is 22.2. The number of anilines is 1. The number of carbonyl (C=O) groups excluding carboxylic acids is 1. The van der Waals surface area contributed by atoms with Gasteiger partial charge in [0.2, 0.25) is 0 Å². The summed E-state index contributed by atoms with van der Waals surface area (Å²) in [5.41, 5.74) is 2.76. The van der Waals surface area contributed by atoms with E-state index in [0.717, 1.165) is 66.8 Å². The van der Waals surface area contributed by atoms with Gasteiger partial charge in [-0.15, -0.1) is 0 Å². The zero-order valence-corrected chi connectivity index (χ0v) is 20.6. The smallest absolute Gasteiger partial charge is 0.274 e. The van der Waals surface area contributed by atoms with Crippen LogP contribution in [-0.2, 0) is 13.0 Å². The Balaban J connectivity index is 1.26. The molecule has 1 saturated heterocycles. The van der Waals surface area contributed by atoms with E-state index >= 15 is 0 Å². The first-order valence-electron chi connectivity index (χ1n) is 12.1. The molecule has 2 aliphatic heterocycles. The Hall–Kier alpha value is -3.68. The lowest BCUT2D eigenvalue weighted by atomic mass is 9.91. The molecule has 3 heterocycles. The molecule has 0 aliphatic carbocycles. The molecule has 1 aromatic heterocycles. The van der Waals surface area contributed by atoms with Crippen LogP contribution in [0.2, 0.25) is 0 Å². The van der Waals surface area contributed by atoms with E-state index in [-0.39, 0.29) is 5.91 Å². The molecule has 0 radical (unpaired) electrons. The van der Waals surface area contributed by atoms with Gasteiger partial charge in [-0.3, -0.25) is 4.79 Å². The predicted octanol–water partition coefficient (Wildman–Crippen LogP) is 3.60. The van der Waals surface area contributed by atoms with E-state index < -0.39 is 0 Å². The first-order valence-corrected chi connectivity index (χ1v) is 12.1. The molecule has 8 nitrogen and oxygen atoms in total. The zero-order chi connectivity index (χ0) is 24.4. The molecule has 0 N–H and O–H groups in total. The Morgan fingerprint density at radius 1 is 0.943 bits per heavy atom. The van der Waals surface area contributed by atoms with Crippen molar-refractivity contribution in [3.63, 3.8) is 0 Å². The van der Waals surface area contributed by atoms with Crippen molar-refractivity contribution in [1.82, 2.24) is 14.5 Å². The lowest BCUT2D eigenvalue weighted by Gasteiger charge is -2.36. The quantitative estimate of drug-likeness (QED) is 0.542. The van der Waals surface area contributed by atoms with Crippen molar-refractivity contribution in [2.75, 3.05) is 52.4 Å². The minimum atomic E-state index is 0.00477. The van der Waals surface area contributed by atoms with Gasteiger partial charge in [-0.25, -0.2) is 4.98 Å². The zero-order valence-electron chi connectivity index (χ0n) is 20.6. The van der Waals surface area contributed by atoms with Crippen molar-refractivity contribution < 1.29 is 19.0 Å². The summed E-state index contributed by atoms with van der Waals surface area (Å²) in [5.74, 6) is 3.75. The summed E-state index contributed by atoms with van der Waals surface area (Å²) in [6.45, 7) is 3.62. The standard InChI is InChI=1S/C27H32N4O4/c1-33-20-9-10-21(25(16-20)35-3)19-8-11-26-28-22(18-31(26)17-19)27(32)30-14-12-29(13-15-30)23-6-4-5-7-24(23)34-2/h4-7,9-10,16,18-19H,8,11-15,17H2,1-3H3. The van der Waals surface area contributed by atoms with E-state index in [1.54, 1.807) is 21.3 Å². The lowest BCUT2D eigenvalue weighted by Crippen LogP contribution is -2.49. The van der Waals surface area contributed by atoms with Gasteiger partial charge in [-0.1, -0.05) is 18.2 Å². The first-order chi connectivity index (χ1) is 17.1. The highest BCUT2D eigenvalue weighted by atomic mass is 16.5. The van der Waals surface area contributed by atoms with Crippen LogP contribution in [-0.4, -0.2) is 67.9 Å². The summed E-state index contributed by atoms with van der Waals surface area (Å²) < 4.78 is 18.6. The number of para-hydroxylation sites is 2. The Morgan fingerprint density at radius 2 is 1.71 bits per heavy atom. The van der Waals surface area contributed by atoms with Crippen LogP contribution in [0.3, 0.4) is 0 Å². The van der Waals surface area contributed by atoms with Crippen molar-refractivity contribution in [3.8, 4) is 17.2 Å². The van der Waals surface area contributed by atoms with Gasteiger partial charge in [0.25, 0.3) is 5.91 Å². The molecule has 5 rings (SSSR count). The Morgan fingerprint density at radius 3 is 2.46 bits per heavy atom. The van der Waals surface area contributed by atoms with Gasteiger partial charge in [0.15, 0.2) is 0 Å². The molecule has 0 spiro atoms. The molecule has 8 heteroatoms. The van der Waals surface area contributed by atoms with Crippen LogP contribution in [0.15, 0.2) is 48.7 Å². The Kier molecular flexibility index (Phi) is 6.53. The number of ether oxygens (including phenoxy) is 3.